The molecule has 2 heteroatoms. The molecule has 0 radical (unpaired) electrons. The van der Waals surface area contributed by atoms with Crippen LogP contribution in [0.25, 0.3) is 0 Å². The highest BCUT2D eigenvalue weighted by Crippen LogP contribution is 2.31. The van der Waals surface area contributed by atoms with E-state index in [-0.39, 0.29) is 6.04 Å². The van der Waals surface area contributed by atoms with Crippen LogP contribution in [0.3, 0.4) is 0 Å². The fraction of sp³-hybridized carbons (Fsp3) is 0.375. The van der Waals surface area contributed by atoms with Gasteiger partial charge in [0.25, 0.3) is 0 Å². The van der Waals surface area contributed by atoms with Crippen molar-refractivity contribution in [1.82, 2.24) is 5.32 Å². The monoisotopic (exact) mass is 243 g/mol. The van der Waals surface area contributed by atoms with E-state index < -0.39 is 0 Å². The first kappa shape index (κ1) is 12.9. The molecular formula is C16H21NO. The summed E-state index contributed by atoms with van der Waals surface area (Å²) < 4.78 is 5.75. The van der Waals surface area contributed by atoms with E-state index in [2.05, 4.69) is 43.4 Å². The quantitative estimate of drug-likeness (QED) is 0.881. The summed E-state index contributed by atoms with van der Waals surface area (Å²) in [4.78, 5) is 0. The molecule has 1 heterocycles. The lowest BCUT2D eigenvalue weighted by Crippen LogP contribution is -2.22. The van der Waals surface area contributed by atoms with Gasteiger partial charge in [0, 0.05) is 5.56 Å². The van der Waals surface area contributed by atoms with Crippen molar-refractivity contribution in [1.29, 1.82) is 0 Å². The normalized spacial score (nSPS) is 12.7. The molecule has 0 aliphatic carbocycles. The third kappa shape index (κ3) is 2.34. The van der Waals surface area contributed by atoms with Crippen molar-refractivity contribution < 1.29 is 4.42 Å². The van der Waals surface area contributed by atoms with Crippen molar-refractivity contribution in [3.63, 3.8) is 0 Å². The number of rotatable bonds is 4. The topological polar surface area (TPSA) is 25.2 Å². The van der Waals surface area contributed by atoms with E-state index >= 15 is 0 Å². The maximum absolute atomic E-state index is 5.75. The number of aryl methyl sites for hydroxylation is 2. The summed E-state index contributed by atoms with van der Waals surface area (Å²) in [7, 11) is 0. The van der Waals surface area contributed by atoms with Gasteiger partial charge in [0.15, 0.2) is 0 Å². The fourth-order valence-electron chi connectivity index (χ4n) is 2.47. The number of nitrogens with one attached hydrogen (secondary N) is 1. The minimum Gasteiger partial charge on any atom is -0.466 e. The first-order valence-corrected chi connectivity index (χ1v) is 6.50. The van der Waals surface area contributed by atoms with E-state index in [1.54, 1.807) is 0 Å². The zero-order chi connectivity index (χ0) is 13.1. The second kappa shape index (κ2) is 5.40. The van der Waals surface area contributed by atoms with Gasteiger partial charge in [0.05, 0.1) is 6.04 Å². The van der Waals surface area contributed by atoms with Gasteiger partial charge >= 0.3 is 0 Å². The molecule has 1 aromatic carbocycles. The van der Waals surface area contributed by atoms with E-state index in [1.165, 1.54) is 16.7 Å². The summed E-state index contributed by atoms with van der Waals surface area (Å²) >= 11 is 0. The Labute approximate surface area is 109 Å². The Kier molecular flexibility index (Phi) is 3.87. The van der Waals surface area contributed by atoms with Gasteiger partial charge in [0.2, 0.25) is 0 Å². The molecule has 0 bridgehead atoms. The summed E-state index contributed by atoms with van der Waals surface area (Å²) in [5, 5.41) is 3.55. The molecule has 2 aromatic rings. The van der Waals surface area contributed by atoms with Gasteiger partial charge in [-0.1, -0.05) is 37.3 Å². The molecule has 0 aliphatic heterocycles. The molecule has 0 aliphatic rings. The minimum atomic E-state index is 0.216. The Morgan fingerprint density at radius 3 is 2.22 bits per heavy atom. The van der Waals surface area contributed by atoms with Crippen LogP contribution in [0.15, 0.2) is 34.7 Å². The first-order chi connectivity index (χ1) is 8.65. The zero-order valence-corrected chi connectivity index (χ0v) is 11.6. The summed E-state index contributed by atoms with van der Waals surface area (Å²) in [6.45, 7) is 9.27. The van der Waals surface area contributed by atoms with Crippen LogP contribution in [0, 0.1) is 20.8 Å². The minimum absolute atomic E-state index is 0.216. The largest absolute Gasteiger partial charge is 0.466 e. The molecule has 1 atom stereocenters. The fourth-order valence-corrected chi connectivity index (χ4v) is 2.47. The highest BCUT2D eigenvalue weighted by molar-refractivity contribution is 5.40. The lowest BCUT2D eigenvalue weighted by molar-refractivity contribution is 0.494. The molecule has 1 unspecified atom stereocenters. The second-order valence-corrected chi connectivity index (χ2v) is 4.65. The van der Waals surface area contributed by atoms with Crippen molar-refractivity contribution in [2.45, 2.75) is 33.7 Å². The molecular weight excluding hydrogens is 222 g/mol. The van der Waals surface area contributed by atoms with Crippen LogP contribution in [0.2, 0.25) is 0 Å². The molecule has 2 rings (SSSR count). The molecule has 2 nitrogen and oxygen atoms in total. The highest BCUT2D eigenvalue weighted by Gasteiger charge is 2.21. The third-order valence-electron chi connectivity index (χ3n) is 3.45. The number of hydrogen-bond acceptors (Lipinski definition) is 2. The highest BCUT2D eigenvalue weighted by atomic mass is 16.3. The Balaban J connectivity index is 2.48. The zero-order valence-electron chi connectivity index (χ0n) is 11.6. The van der Waals surface area contributed by atoms with Crippen LogP contribution in [0.5, 0.6) is 0 Å². The van der Waals surface area contributed by atoms with Gasteiger partial charge in [0.1, 0.15) is 11.5 Å². The summed E-state index contributed by atoms with van der Waals surface area (Å²) in [5.74, 6) is 2.03. The Bertz CT molecular complexity index is 513. The molecule has 0 saturated carbocycles. The average molecular weight is 243 g/mol. The molecule has 1 aromatic heterocycles. The van der Waals surface area contributed by atoms with Crippen LogP contribution in [0.1, 0.15) is 41.2 Å². The van der Waals surface area contributed by atoms with E-state index in [4.69, 9.17) is 4.42 Å². The number of furan rings is 1. The third-order valence-corrected chi connectivity index (χ3v) is 3.45. The van der Waals surface area contributed by atoms with E-state index in [9.17, 15) is 0 Å². The van der Waals surface area contributed by atoms with Gasteiger partial charge < -0.3 is 9.73 Å². The van der Waals surface area contributed by atoms with Gasteiger partial charge in [-0.2, -0.15) is 0 Å². The Morgan fingerprint density at radius 1 is 1.06 bits per heavy atom. The second-order valence-electron chi connectivity index (χ2n) is 4.65. The van der Waals surface area contributed by atoms with Crippen LogP contribution in [-0.4, -0.2) is 6.54 Å². The van der Waals surface area contributed by atoms with Gasteiger partial charge in [-0.05, 0) is 38.4 Å². The van der Waals surface area contributed by atoms with Gasteiger partial charge in [-0.15, -0.1) is 0 Å². The lowest BCUT2D eigenvalue weighted by atomic mass is 9.95. The van der Waals surface area contributed by atoms with Crippen molar-refractivity contribution >= 4 is 0 Å². The molecule has 0 amide bonds. The number of hydrogen-bond donors (Lipinski definition) is 1. The summed E-state index contributed by atoms with van der Waals surface area (Å²) in [6, 6.07) is 10.7. The first-order valence-electron chi connectivity index (χ1n) is 6.50. The predicted octanol–water partition coefficient (Wildman–Crippen LogP) is 3.90. The van der Waals surface area contributed by atoms with Crippen molar-refractivity contribution in [2.75, 3.05) is 6.54 Å². The smallest absolute Gasteiger partial charge is 0.106 e. The lowest BCUT2D eigenvalue weighted by Gasteiger charge is -2.19. The van der Waals surface area contributed by atoms with Crippen molar-refractivity contribution in [3.8, 4) is 0 Å². The SMILES string of the molecule is CCNC(c1ccccc1)c1c(C)oc(C)c1C. The van der Waals surface area contributed by atoms with Gasteiger partial charge in [-0.3, -0.25) is 0 Å². The Morgan fingerprint density at radius 2 is 1.72 bits per heavy atom. The van der Waals surface area contributed by atoms with Crippen LogP contribution >= 0.6 is 0 Å². The molecule has 18 heavy (non-hydrogen) atoms. The van der Waals surface area contributed by atoms with Crippen LogP contribution in [0.4, 0.5) is 0 Å². The van der Waals surface area contributed by atoms with Crippen LogP contribution in [-0.2, 0) is 0 Å². The number of benzene rings is 1. The Hall–Kier alpha value is -1.54. The summed E-state index contributed by atoms with van der Waals surface area (Å²) in [5.41, 5.74) is 3.81. The van der Waals surface area contributed by atoms with E-state index in [1.807, 2.05) is 19.9 Å². The van der Waals surface area contributed by atoms with Crippen LogP contribution < -0.4 is 5.32 Å². The van der Waals surface area contributed by atoms with Gasteiger partial charge in [-0.25, -0.2) is 0 Å². The predicted molar refractivity (Wildman–Crippen MR) is 74.9 cm³/mol. The maximum Gasteiger partial charge on any atom is 0.106 e. The molecule has 96 valence electrons. The maximum atomic E-state index is 5.75. The van der Waals surface area contributed by atoms with Crippen molar-refractivity contribution in [3.05, 3.63) is 58.5 Å². The molecule has 0 spiro atoms. The molecule has 1 N–H and O–H groups in total. The standard InChI is InChI=1S/C16H21NO/c1-5-17-16(14-9-7-6-8-10-14)15-11(2)12(3)18-13(15)4/h6-10,16-17H,5H2,1-4H3. The van der Waals surface area contributed by atoms with E-state index in [0.717, 1.165) is 18.1 Å². The van der Waals surface area contributed by atoms with E-state index in [0.29, 0.717) is 0 Å². The molecule has 0 fully saturated rings. The molecule has 0 saturated heterocycles. The van der Waals surface area contributed by atoms with Crippen molar-refractivity contribution in [2.24, 2.45) is 0 Å². The average Bonchev–Trinajstić information content (AvgIpc) is 2.62. The summed E-state index contributed by atoms with van der Waals surface area (Å²) in [6.07, 6.45) is 0.